The van der Waals surface area contributed by atoms with Crippen LogP contribution in [0.3, 0.4) is 0 Å². The highest BCUT2D eigenvalue weighted by molar-refractivity contribution is 6.08. The Hall–Kier alpha value is -8.66. The minimum atomic E-state index is -1.58. The second-order valence-electron chi connectivity index (χ2n) is 16.7. The van der Waals surface area contributed by atoms with E-state index in [0.717, 1.165) is 66.8 Å². The summed E-state index contributed by atoms with van der Waals surface area (Å²) in [6.07, 6.45) is 0. The Kier molecular flexibility index (Phi) is 7.22. The second kappa shape index (κ2) is 15.3. The van der Waals surface area contributed by atoms with Crippen LogP contribution in [-0.4, -0.2) is 0 Å². The first-order valence-electron chi connectivity index (χ1n) is 25.6. The van der Waals surface area contributed by atoms with E-state index in [1.807, 2.05) is 109 Å². The summed E-state index contributed by atoms with van der Waals surface area (Å²) in [6, 6.07) is 68.6. The monoisotopic (exact) mass is 849 g/mol. The molecule has 0 amide bonds. The smallest absolute Gasteiger partial charge is 0.140 e. The summed E-state index contributed by atoms with van der Waals surface area (Å²) in [5.41, 5.74) is 8.90. The molecule has 66 heavy (non-hydrogen) atoms. The van der Waals surface area contributed by atoms with Gasteiger partial charge in [0, 0.05) is 50.2 Å². The fraction of sp³-hybridized carbons (Fsp3) is 0.0159. The van der Waals surface area contributed by atoms with E-state index in [-0.39, 0.29) is 22.4 Å². The number of benzene rings is 11. The maximum Gasteiger partial charge on any atom is 0.140 e. The predicted octanol–water partition coefficient (Wildman–Crippen LogP) is 17.2. The third kappa shape index (κ3) is 5.77. The molecule has 13 rings (SSSR count). The van der Waals surface area contributed by atoms with Gasteiger partial charge in [-0.15, -0.1) is 0 Å². The highest BCUT2D eigenvalue weighted by Crippen LogP contribution is 2.60. The molecule has 0 saturated carbocycles. The third-order valence-electron chi connectivity index (χ3n) is 13.2. The number of anilines is 6. The molecule has 11 aromatic carbocycles. The number of hydrogen-bond acceptors (Lipinski definition) is 3. The normalized spacial score (nSPS) is 15.6. The largest absolute Gasteiger partial charge is 0.456 e. The van der Waals surface area contributed by atoms with Crippen LogP contribution in [0, 0.1) is 0 Å². The summed E-state index contributed by atoms with van der Waals surface area (Å²) in [5, 5.41) is 3.74. The highest BCUT2D eigenvalue weighted by atomic mass is 16.3. The van der Waals surface area contributed by atoms with E-state index in [1.165, 1.54) is 0 Å². The SMILES string of the molecule is [2H]c1c([2H])c([2H])c2c(C3(c4cccc5c4oc4ccccc45)c4ccc(N(c5ccccc5)c5ccccc5)cc4-c4cc(N(c5ccccc5)c5cccc6ccccc56)ccc43)c([2H])c([2H])c([2H])c2c1[2H]. The predicted molar refractivity (Wildman–Crippen MR) is 275 cm³/mol. The third-order valence-corrected chi connectivity index (χ3v) is 13.2. The van der Waals surface area contributed by atoms with E-state index in [9.17, 15) is 6.85 Å². The summed E-state index contributed by atoms with van der Waals surface area (Å²) >= 11 is 0. The lowest BCUT2D eigenvalue weighted by Crippen LogP contribution is -2.29. The second-order valence-corrected chi connectivity index (χ2v) is 16.7. The van der Waals surface area contributed by atoms with Gasteiger partial charge in [-0.05, 0) is 117 Å². The maximum atomic E-state index is 10.2. The van der Waals surface area contributed by atoms with Gasteiger partial charge >= 0.3 is 0 Å². The number of nitrogens with zero attached hydrogens (tertiary/aromatic N) is 2. The molecule has 3 nitrogen and oxygen atoms in total. The van der Waals surface area contributed by atoms with Gasteiger partial charge in [0.2, 0.25) is 0 Å². The number of rotatable bonds is 8. The van der Waals surface area contributed by atoms with Crippen molar-refractivity contribution < 1.29 is 14.0 Å². The highest BCUT2D eigenvalue weighted by Gasteiger charge is 2.49. The van der Waals surface area contributed by atoms with Crippen molar-refractivity contribution in [2.45, 2.75) is 5.41 Å². The molecule has 0 spiro atoms. The van der Waals surface area contributed by atoms with Gasteiger partial charge in [0.25, 0.3) is 0 Å². The van der Waals surface area contributed by atoms with Crippen LogP contribution in [0.1, 0.15) is 31.8 Å². The molecule has 3 heteroatoms. The zero-order valence-corrected chi connectivity index (χ0v) is 35.5. The molecule has 1 aromatic heterocycles. The van der Waals surface area contributed by atoms with Gasteiger partial charge in [-0.25, -0.2) is 0 Å². The minimum absolute atomic E-state index is 0.00827. The molecule has 310 valence electrons. The molecule has 1 heterocycles. The van der Waals surface area contributed by atoms with Gasteiger partial charge < -0.3 is 14.2 Å². The Morgan fingerprint density at radius 2 is 0.894 bits per heavy atom. The Balaban J connectivity index is 1.22. The molecule has 1 aliphatic rings. The Labute approximate surface area is 393 Å². The average Bonchev–Trinajstić information content (AvgIpc) is 3.97. The van der Waals surface area contributed by atoms with Gasteiger partial charge in [0.1, 0.15) is 11.2 Å². The molecule has 0 N–H and O–H groups in total. The van der Waals surface area contributed by atoms with Crippen LogP contribution in [0.25, 0.3) is 54.6 Å². The Morgan fingerprint density at radius 1 is 0.348 bits per heavy atom. The van der Waals surface area contributed by atoms with Crippen LogP contribution in [0.4, 0.5) is 34.1 Å². The first kappa shape index (κ1) is 31.2. The number of furan rings is 1. The van der Waals surface area contributed by atoms with E-state index in [0.29, 0.717) is 27.9 Å². The summed E-state index contributed by atoms with van der Waals surface area (Å²) in [6.45, 7) is 0. The van der Waals surface area contributed by atoms with Crippen LogP contribution < -0.4 is 9.80 Å². The summed E-state index contributed by atoms with van der Waals surface area (Å²) in [5.74, 6) is 0. The lowest BCUT2D eigenvalue weighted by Gasteiger charge is -2.35. The fourth-order valence-corrected chi connectivity index (χ4v) is 10.4. The first-order chi connectivity index (χ1) is 35.7. The quantitative estimate of drug-likeness (QED) is 0.152. The van der Waals surface area contributed by atoms with Crippen molar-refractivity contribution in [2.24, 2.45) is 0 Å². The van der Waals surface area contributed by atoms with Gasteiger partial charge in [-0.1, -0.05) is 182 Å². The lowest BCUT2D eigenvalue weighted by molar-refractivity contribution is 0.649. The molecule has 0 aliphatic heterocycles. The molecule has 1 unspecified atom stereocenters. The maximum absolute atomic E-state index is 10.2. The molecular weight excluding hydrogens is 801 g/mol. The summed E-state index contributed by atoms with van der Waals surface area (Å²) < 4.78 is 73.0. The summed E-state index contributed by atoms with van der Waals surface area (Å²) in [7, 11) is 0. The molecule has 0 saturated heterocycles. The molecule has 0 fully saturated rings. The zero-order chi connectivity index (χ0) is 49.7. The van der Waals surface area contributed by atoms with E-state index in [2.05, 4.69) is 113 Å². The van der Waals surface area contributed by atoms with Crippen molar-refractivity contribution in [2.75, 3.05) is 9.80 Å². The van der Waals surface area contributed by atoms with Crippen molar-refractivity contribution in [3.63, 3.8) is 0 Å². The van der Waals surface area contributed by atoms with Gasteiger partial charge in [-0.3, -0.25) is 0 Å². The zero-order valence-electron chi connectivity index (χ0n) is 42.5. The van der Waals surface area contributed by atoms with E-state index >= 15 is 0 Å². The van der Waals surface area contributed by atoms with Crippen LogP contribution >= 0.6 is 0 Å². The van der Waals surface area contributed by atoms with Crippen LogP contribution in [0.2, 0.25) is 0 Å². The minimum Gasteiger partial charge on any atom is -0.456 e. The molecule has 12 aromatic rings. The van der Waals surface area contributed by atoms with Crippen LogP contribution in [0.15, 0.2) is 259 Å². The van der Waals surface area contributed by atoms with Gasteiger partial charge in [-0.2, -0.15) is 0 Å². The Bertz CT molecular complexity index is 4150. The molecule has 1 atom stereocenters. The number of fused-ring (bicyclic) bond motifs is 8. The van der Waals surface area contributed by atoms with Crippen LogP contribution in [-0.2, 0) is 5.41 Å². The van der Waals surface area contributed by atoms with Gasteiger partial charge in [0.05, 0.1) is 20.7 Å². The molecule has 1 aliphatic carbocycles. The van der Waals surface area contributed by atoms with Crippen molar-refractivity contribution in [1.29, 1.82) is 0 Å². The standard InChI is InChI=1S/C63H42N2O/c1-4-23-45(24-5-1)64(46-25-6-2-7-26-46)48-37-39-57-54(41-48)55-42-49(65(47-27-8-3-9-28-47)60-35-17-22-44-20-11-13-30-51(44)60)38-40-58(55)63(57,56-33-16-21-43-19-10-12-29-50(43)56)59-34-18-32-53-52-31-14-15-36-61(52)66-62(53)59/h1-42H/i10D,12D,16D,19D,21D,29D,33D. The van der Waals surface area contributed by atoms with E-state index in [1.54, 1.807) is 0 Å². The first-order valence-corrected chi connectivity index (χ1v) is 22.1. The number of para-hydroxylation sites is 5. The topological polar surface area (TPSA) is 19.6 Å². The van der Waals surface area contributed by atoms with Crippen LogP contribution in [0.5, 0.6) is 0 Å². The Morgan fingerprint density at radius 3 is 1.61 bits per heavy atom. The van der Waals surface area contributed by atoms with Gasteiger partial charge in [0.15, 0.2) is 0 Å². The van der Waals surface area contributed by atoms with Crippen molar-refractivity contribution in [1.82, 2.24) is 0 Å². The number of hydrogen-bond donors (Lipinski definition) is 0. The van der Waals surface area contributed by atoms with Crippen molar-refractivity contribution >= 4 is 77.6 Å². The van der Waals surface area contributed by atoms with E-state index < -0.39 is 41.7 Å². The van der Waals surface area contributed by atoms with E-state index in [4.69, 9.17) is 7.16 Å². The lowest BCUT2D eigenvalue weighted by atomic mass is 9.66. The molecule has 0 bridgehead atoms. The molecular formula is C63H42N2O. The molecule has 0 radical (unpaired) electrons. The average molecular weight is 850 g/mol. The summed E-state index contributed by atoms with van der Waals surface area (Å²) in [4.78, 5) is 4.46. The fourth-order valence-electron chi connectivity index (χ4n) is 10.4. The van der Waals surface area contributed by atoms with Crippen molar-refractivity contribution in [3.8, 4) is 11.1 Å². The van der Waals surface area contributed by atoms with Crippen molar-refractivity contribution in [3.05, 3.63) is 277 Å².